The van der Waals surface area contributed by atoms with Crippen molar-refractivity contribution in [1.29, 1.82) is 0 Å². The van der Waals surface area contributed by atoms with Crippen LogP contribution >= 0.6 is 0 Å². The number of carbonyl (C=O) groups is 4. The molecule has 2 aliphatic heterocycles. The minimum absolute atomic E-state index is 0.168. The van der Waals surface area contributed by atoms with Crippen LogP contribution in [-0.2, 0) is 32.1 Å². The molecule has 4 rings (SSSR count). The van der Waals surface area contributed by atoms with Gasteiger partial charge in [0.2, 0.25) is 11.8 Å². The van der Waals surface area contributed by atoms with Gasteiger partial charge in [0.15, 0.2) is 6.61 Å². The summed E-state index contributed by atoms with van der Waals surface area (Å²) in [6.45, 7) is 0.732. The molecule has 0 saturated carbocycles. The SMILES string of the molecule is O=C(OCC(=O)N1CCc2ccccc2C1)c1cccc(N2C(=O)CCC2=O)c1. The van der Waals surface area contributed by atoms with Crippen LogP contribution in [-0.4, -0.2) is 41.7 Å². The molecule has 2 heterocycles. The van der Waals surface area contributed by atoms with Gasteiger partial charge in [-0.3, -0.25) is 19.3 Å². The summed E-state index contributed by atoms with van der Waals surface area (Å²) in [4.78, 5) is 51.4. The Morgan fingerprint density at radius 2 is 1.62 bits per heavy atom. The number of amides is 3. The summed E-state index contributed by atoms with van der Waals surface area (Å²) < 4.78 is 5.18. The van der Waals surface area contributed by atoms with E-state index in [1.165, 1.54) is 17.7 Å². The van der Waals surface area contributed by atoms with Crippen LogP contribution in [0.2, 0.25) is 0 Å². The van der Waals surface area contributed by atoms with E-state index >= 15 is 0 Å². The normalized spacial score (nSPS) is 16.0. The largest absolute Gasteiger partial charge is 0.452 e. The quantitative estimate of drug-likeness (QED) is 0.588. The number of benzene rings is 2. The molecule has 0 unspecified atom stereocenters. The molecule has 7 nitrogen and oxygen atoms in total. The summed E-state index contributed by atoms with van der Waals surface area (Å²) in [5.41, 5.74) is 2.86. The lowest BCUT2D eigenvalue weighted by molar-refractivity contribution is -0.135. The Kier molecular flexibility index (Phi) is 5.12. The zero-order valence-corrected chi connectivity index (χ0v) is 15.8. The van der Waals surface area contributed by atoms with Crippen LogP contribution in [0, 0.1) is 0 Å². The topological polar surface area (TPSA) is 84.0 Å². The van der Waals surface area contributed by atoms with Crippen LogP contribution < -0.4 is 4.90 Å². The van der Waals surface area contributed by atoms with Gasteiger partial charge in [0.05, 0.1) is 11.3 Å². The highest BCUT2D eigenvalue weighted by Crippen LogP contribution is 2.24. The number of ether oxygens (including phenoxy) is 1. The van der Waals surface area contributed by atoms with Gasteiger partial charge in [0.1, 0.15) is 0 Å². The van der Waals surface area contributed by atoms with E-state index in [4.69, 9.17) is 4.74 Å². The highest BCUT2D eigenvalue weighted by atomic mass is 16.5. The van der Waals surface area contributed by atoms with Crippen molar-refractivity contribution in [3.8, 4) is 0 Å². The second-order valence-corrected chi connectivity index (χ2v) is 7.08. The molecular weight excluding hydrogens is 372 g/mol. The van der Waals surface area contributed by atoms with E-state index in [9.17, 15) is 19.2 Å². The van der Waals surface area contributed by atoms with E-state index in [1.807, 2.05) is 18.2 Å². The number of imide groups is 1. The third-order valence-electron chi connectivity index (χ3n) is 5.20. The van der Waals surface area contributed by atoms with Gasteiger partial charge < -0.3 is 9.64 Å². The predicted octanol–water partition coefficient (Wildman–Crippen LogP) is 2.08. The molecule has 0 N–H and O–H groups in total. The number of rotatable bonds is 4. The maximum absolute atomic E-state index is 12.5. The summed E-state index contributed by atoms with van der Waals surface area (Å²) in [5.74, 6) is -1.51. The number of fused-ring (bicyclic) bond motifs is 1. The second-order valence-electron chi connectivity index (χ2n) is 7.08. The number of carbonyl (C=O) groups excluding carboxylic acids is 4. The Bertz CT molecular complexity index is 984. The van der Waals surface area contributed by atoms with E-state index in [2.05, 4.69) is 6.07 Å². The summed E-state index contributed by atoms with van der Waals surface area (Å²) in [6.07, 6.45) is 1.11. The van der Waals surface area contributed by atoms with Gasteiger partial charge in [0.25, 0.3) is 5.91 Å². The Balaban J connectivity index is 1.38. The predicted molar refractivity (Wildman–Crippen MR) is 104 cm³/mol. The molecule has 0 radical (unpaired) electrons. The van der Waals surface area contributed by atoms with Crippen molar-refractivity contribution >= 4 is 29.4 Å². The fourth-order valence-electron chi connectivity index (χ4n) is 3.65. The fraction of sp³-hybridized carbons (Fsp3) is 0.273. The molecule has 0 atom stereocenters. The average molecular weight is 392 g/mol. The number of hydrogen-bond acceptors (Lipinski definition) is 5. The van der Waals surface area contributed by atoms with Gasteiger partial charge in [-0.1, -0.05) is 30.3 Å². The van der Waals surface area contributed by atoms with Crippen molar-refractivity contribution < 1.29 is 23.9 Å². The number of nitrogens with zero attached hydrogens (tertiary/aromatic N) is 2. The maximum atomic E-state index is 12.5. The molecule has 0 spiro atoms. The van der Waals surface area contributed by atoms with Crippen molar-refractivity contribution in [2.45, 2.75) is 25.8 Å². The molecule has 0 aliphatic carbocycles. The van der Waals surface area contributed by atoms with Crippen molar-refractivity contribution in [2.75, 3.05) is 18.1 Å². The smallest absolute Gasteiger partial charge is 0.338 e. The first-order valence-electron chi connectivity index (χ1n) is 9.50. The summed E-state index contributed by atoms with van der Waals surface area (Å²) in [6, 6.07) is 14.1. The molecule has 1 saturated heterocycles. The van der Waals surface area contributed by atoms with Crippen molar-refractivity contribution in [3.05, 3.63) is 65.2 Å². The van der Waals surface area contributed by atoms with Gasteiger partial charge in [-0.25, -0.2) is 4.79 Å². The zero-order chi connectivity index (χ0) is 20.4. The molecule has 2 aromatic rings. The van der Waals surface area contributed by atoms with Crippen LogP contribution in [0.25, 0.3) is 0 Å². The molecule has 7 heteroatoms. The zero-order valence-electron chi connectivity index (χ0n) is 15.8. The molecular formula is C22H20N2O5. The summed E-state index contributed by atoms with van der Waals surface area (Å²) in [5, 5.41) is 0. The van der Waals surface area contributed by atoms with E-state index in [0.29, 0.717) is 18.8 Å². The standard InChI is InChI=1S/C22H20N2O5/c25-19-8-9-20(26)24(19)18-7-3-6-16(12-18)22(28)29-14-21(27)23-11-10-15-4-1-2-5-17(15)13-23/h1-7,12H,8-11,13-14H2. The van der Waals surface area contributed by atoms with E-state index in [-0.39, 0.29) is 42.7 Å². The number of esters is 1. The third-order valence-corrected chi connectivity index (χ3v) is 5.20. The minimum atomic E-state index is -0.670. The molecule has 0 aromatic heterocycles. The molecule has 29 heavy (non-hydrogen) atoms. The van der Waals surface area contributed by atoms with Crippen LogP contribution in [0.4, 0.5) is 5.69 Å². The Morgan fingerprint density at radius 3 is 2.38 bits per heavy atom. The first kappa shape index (κ1) is 18.9. The summed E-state index contributed by atoms with van der Waals surface area (Å²) >= 11 is 0. The van der Waals surface area contributed by atoms with Gasteiger partial charge in [-0.05, 0) is 35.7 Å². The van der Waals surface area contributed by atoms with E-state index in [0.717, 1.165) is 16.9 Å². The van der Waals surface area contributed by atoms with Gasteiger partial charge >= 0.3 is 5.97 Å². The lowest BCUT2D eigenvalue weighted by Crippen LogP contribution is -2.38. The minimum Gasteiger partial charge on any atom is -0.452 e. The van der Waals surface area contributed by atoms with Crippen LogP contribution in [0.15, 0.2) is 48.5 Å². The van der Waals surface area contributed by atoms with E-state index < -0.39 is 5.97 Å². The fourth-order valence-corrected chi connectivity index (χ4v) is 3.65. The Labute approximate surface area is 167 Å². The van der Waals surface area contributed by atoms with Crippen molar-refractivity contribution in [3.63, 3.8) is 0 Å². The van der Waals surface area contributed by atoms with E-state index in [1.54, 1.807) is 17.0 Å². The molecule has 2 aliphatic rings. The monoisotopic (exact) mass is 392 g/mol. The third kappa shape index (κ3) is 3.89. The van der Waals surface area contributed by atoms with Gasteiger partial charge in [0, 0.05) is 25.9 Å². The first-order chi connectivity index (χ1) is 14.0. The lowest BCUT2D eigenvalue weighted by atomic mass is 10.00. The molecule has 3 amide bonds. The maximum Gasteiger partial charge on any atom is 0.338 e. The number of hydrogen-bond donors (Lipinski definition) is 0. The average Bonchev–Trinajstić information content (AvgIpc) is 3.09. The second kappa shape index (κ2) is 7.87. The first-order valence-corrected chi connectivity index (χ1v) is 9.50. The van der Waals surface area contributed by atoms with Crippen molar-refractivity contribution in [2.24, 2.45) is 0 Å². The van der Waals surface area contributed by atoms with Crippen molar-refractivity contribution in [1.82, 2.24) is 4.90 Å². The Hall–Kier alpha value is -3.48. The molecule has 0 bridgehead atoms. The Morgan fingerprint density at radius 1 is 0.897 bits per heavy atom. The van der Waals surface area contributed by atoms with Gasteiger partial charge in [-0.2, -0.15) is 0 Å². The molecule has 2 aromatic carbocycles. The molecule has 148 valence electrons. The van der Waals surface area contributed by atoms with Crippen LogP contribution in [0.3, 0.4) is 0 Å². The number of anilines is 1. The molecule has 1 fully saturated rings. The van der Waals surface area contributed by atoms with Crippen LogP contribution in [0.1, 0.15) is 34.3 Å². The van der Waals surface area contributed by atoms with Crippen LogP contribution in [0.5, 0.6) is 0 Å². The van der Waals surface area contributed by atoms with Gasteiger partial charge in [-0.15, -0.1) is 0 Å². The highest BCUT2D eigenvalue weighted by molar-refractivity contribution is 6.20. The lowest BCUT2D eigenvalue weighted by Gasteiger charge is -2.28. The summed E-state index contributed by atoms with van der Waals surface area (Å²) in [7, 11) is 0. The highest BCUT2D eigenvalue weighted by Gasteiger charge is 2.30.